The second-order valence-electron chi connectivity index (χ2n) is 9.38. The van der Waals surface area contributed by atoms with Gasteiger partial charge in [-0.3, -0.25) is 4.90 Å². The van der Waals surface area contributed by atoms with Crippen molar-refractivity contribution in [3.8, 4) is 5.75 Å². The molecule has 0 fully saturated rings. The van der Waals surface area contributed by atoms with E-state index in [1.54, 1.807) is 14.0 Å². The molecule has 6 heteroatoms. The van der Waals surface area contributed by atoms with Gasteiger partial charge in [-0.15, -0.1) is 0 Å². The molecule has 1 N–H and O–H groups in total. The second kappa shape index (κ2) is 9.69. The standard InChI is InChI=1S/C27H34N2O4/c1-8-32-25(30)23-21(16-33-22-11-9-10-17(2)18(22)3)29(7)26(31)28-24(23)19-12-14-20(15-13-19)27(4,5)6/h9-15,24H,8,16H2,1-7H3,(H,28,31). The number of hydrogen-bond donors (Lipinski definition) is 1. The number of ether oxygens (including phenoxy) is 2. The van der Waals surface area contributed by atoms with E-state index in [1.807, 2.05) is 56.3 Å². The minimum atomic E-state index is -0.626. The summed E-state index contributed by atoms with van der Waals surface area (Å²) in [7, 11) is 1.63. The highest BCUT2D eigenvalue weighted by Crippen LogP contribution is 2.33. The first kappa shape index (κ1) is 24.4. The van der Waals surface area contributed by atoms with E-state index in [0.29, 0.717) is 11.3 Å². The third kappa shape index (κ3) is 5.21. The number of esters is 1. The van der Waals surface area contributed by atoms with Crippen molar-refractivity contribution < 1.29 is 19.1 Å². The fourth-order valence-corrected chi connectivity index (χ4v) is 3.83. The smallest absolute Gasteiger partial charge is 0.338 e. The maximum Gasteiger partial charge on any atom is 0.338 e. The van der Waals surface area contributed by atoms with E-state index in [9.17, 15) is 9.59 Å². The van der Waals surface area contributed by atoms with E-state index < -0.39 is 12.0 Å². The minimum Gasteiger partial charge on any atom is -0.487 e. The first-order valence-electron chi connectivity index (χ1n) is 11.3. The van der Waals surface area contributed by atoms with E-state index in [1.165, 1.54) is 10.5 Å². The predicted octanol–water partition coefficient (Wildman–Crippen LogP) is 5.19. The van der Waals surface area contributed by atoms with Crippen LogP contribution >= 0.6 is 0 Å². The third-order valence-corrected chi connectivity index (χ3v) is 6.10. The van der Waals surface area contributed by atoms with Crippen molar-refractivity contribution in [3.63, 3.8) is 0 Å². The van der Waals surface area contributed by atoms with Crippen LogP contribution < -0.4 is 10.1 Å². The zero-order valence-corrected chi connectivity index (χ0v) is 20.6. The van der Waals surface area contributed by atoms with Gasteiger partial charge >= 0.3 is 12.0 Å². The van der Waals surface area contributed by atoms with E-state index >= 15 is 0 Å². The molecule has 3 rings (SSSR count). The SMILES string of the molecule is CCOC(=O)C1=C(COc2cccc(C)c2C)N(C)C(=O)NC1c1ccc(C(C)(C)C)cc1. The molecule has 1 heterocycles. The number of carbonyl (C=O) groups is 2. The van der Waals surface area contributed by atoms with Crippen molar-refractivity contribution in [1.82, 2.24) is 10.2 Å². The molecule has 1 unspecified atom stereocenters. The van der Waals surface area contributed by atoms with Crippen LogP contribution in [0.15, 0.2) is 53.7 Å². The van der Waals surface area contributed by atoms with Crippen molar-refractivity contribution in [2.24, 2.45) is 0 Å². The molecule has 2 aromatic carbocycles. The van der Waals surface area contributed by atoms with Gasteiger partial charge in [-0.2, -0.15) is 0 Å². The monoisotopic (exact) mass is 450 g/mol. The topological polar surface area (TPSA) is 67.9 Å². The molecule has 6 nitrogen and oxygen atoms in total. The van der Waals surface area contributed by atoms with Gasteiger partial charge in [0.2, 0.25) is 0 Å². The summed E-state index contributed by atoms with van der Waals surface area (Å²) >= 11 is 0. The first-order valence-corrected chi connectivity index (χ1v) is 11.3. The van der Waals surface area contributed by atoms with Crippen LogP contribution in [0.4, 0.5) is 4.79 Å². The van der Waals surface area contributed by atoms with Crippen LogP contribution in [0.2, 0.25) is 0 Å². The number of rotatable bonds is 6. The predicted molar refractivity (Wildman–Crippen MR) is 129 cm³/mol. The molecular weight excluding hydrogens is 416 g/mol. The third-order valence-electron chi connectivity index (χ3n) is 6.10. The van der Waals surface area contributed by atoms with Crippen LogP contribution in [0.25, 0.3) is 0 Å². The zero-order chi connectivity index (χ0) is 24.3. The number of nitrogens with zero attached hydrogens (tertiary/aromatic N) is 1. The molecular formula is C27H34N2O4. The summed E-state index contributed by atoms with van der Waals surface area (Å²) < 4.78 is 11.5. The maximum atomic E-state index is 13.1. The average Bonchev–Trinajstić information content (AvgIpc) is 2.76. The molecule has 0 saturated heterocycles. The lowest BCUT2D eigenvalue weighted by atomic mass is 9.85. The Balaban J connectivity index is 2.04. The molecule has 2 aromatic rings. The van der Waals surface area contributed by atoms with E-state index in [4.69, 9.17) is 9.47 Å². The molecule has 1 atom stereocenters. The van der Waals surface area contributed by atoms with Gasteiger partial charge in [-0.25, -0.2) is 9.59 Å². The van der Waals surface area contributed by atoms with Gasteiger partial charge in [0, 0.05) is 7.05 Å². The molecule has 1 aliphatic rings. The number of hydrogen-bond acceptors (Lipinski definition) is 4. The number of benzene rings is 2. The average molecular weight is 451 g/mol. The molecule has 0 bridgehead atoms. The van der Waals surface area contributed by atoms with Crippen molar-refractivity contribution in [2.45, 2.75) is 53.0 Å². The minimum absolute atomic E-state index is 0.000946. The summed E-state index contributed by atoms with van der Waals surface area (Å²) in [5.41, 5.74) is 4.99. The highest BCUT2D eigenvalue weighted by atomic mass is 16.5. The van der Waals surface area contributed by atoms with Gasteiger partial charge < -0.3 is 14.8 Å². The molecule has 1 aliphatic heterocycles. The van der Waals surface area contributed by atoms with Gasteiger partial charge in [0.1, 0.15) is 12.4 Å². The summed E-state index contributed by atoms with van der Waals surface area (Å²) in [5, 5.41) is 2.95. The van der Waals surface area contributed by atoms with Crippen molar-refractivity contribution in [1.29, 1.82) is 0 Å². The molecule has 176 valence electrons. The summed E-state index contributed by atoms with van der Waals surface area (Å²) in [4.78, 5) is 27.4. The van der Waals surface area contributed by atoms with Crippen LogP contribution in [0.3, 0.4) is 0 Å². The van der Waals surface area contributed by atoms with Crippen LogP contribution in [-0.2, 0) is 14.9 Å². The number of nitrogens with one attached hydrogen (secondary N) is 1. The quantitative estimate of drug-likeness (QED) is 0.615. The summed E-state index contributed by atoms with van der Waals surface area (Å²) in [6, 6.07) is 12.9. The molecule has 0 aliphatic carbocycles. The summed E-state index contributed by atoms with van der Waals surface area (Å²) in [6.45, 7) is 12.5. The number of carbonyl (C=O) groups excluding carboxylic acids is 2. The molecule has 33 heavy (non-hydrogen) atoms. The fraction of sp³-hybridized carbons (Fsp3) is 0.407. The molecule has 0 saturated carbocycles. The largest absolute Gasteiger partial charge is 0.487 e. The number of aryl methyl sites for hydroxylation is 1. The Morgan fingerprint density at radius 2 is 1.76 bits per heavy atom. The first-order chi connectivity index (χ1) is 15.5. The normalized spacial score (nSPS) is 16.5. The van der Waals surface area contributed by atoms with Gasteiger partial charge in [0.05, 0.1) is 23.9 Å². The molecule has 0 aromatic heterocycles. The van der Waals surface area contributed by atoms with E-state index in [2.05, 4.69) is 26.1 Å². The Morgan fingerprint density at radius 1 is 1.09 bits per heavy atom. The summed E-state index contributed by atoms with van der Waals surface area (Å²) in [5.74, 6) is 0.255. The molecule has 2 amide bonds. The number of urea groups is 1. The zero-order valence-electron chi connectivity index (χ0n) is 20.6. The van der Waals surface area contributed by atoms with Crippen molar-refractivity contribution in [2.75, 3.05) is 20.3 Å². The van der Waals surface area contributed by atoms with Crippen molar-refractivity contribution in [3.05, 3.63) is 76.0 Å². The fourth-order valence-electron chi connectivity index (χ4n) is 3.83. The van der Waals surface area contributed by atoms with Crippen LogP contribution in [-0.4, -0.2) is 37.2 Å². The highest BCUT2D eigenvalue weighted by molar-refractivity contribution is 5.95. The molecule has 0 radical (unpaired) electrons. The second-order valence-corrected chi connectivity index (χ2v) is 9.38. The van der Waals surface area contributed by atoms with Crippen LogP contribution in [0.1, 0.15) is 56.0 Å². The maximum absolute atomic E-state index is 13.1. The summed E-state index contributed by atoms with van der Waals surface area (Å²) in [6.07, 6.45) is 0. The lowest BCUT2D eigenvalue weighted by Gasteiger charge is -2.34. The van der Waals surface area contributed by atoms with E-state index in [-0.39, 0.29) is 24.7 Å². The molecule has 0 spiro atoms. The Hall–Kier alpha value is -3.28. The lowest BCUT2D eigenvalue weighted by Crippen LogP contribution is -2.48. The Labute approximate surface area is 196 Å². The number of amides is 2. The number of likely N-dealkylation sites (N-methyl/N-ethyl adjacent to an activating group) is 1. The van der Waals surface area contributed by atoms with Crippen LogP contribution in [0, 0.1) is 13.8 Å². The van der Waals surface area contributed by atoms with Gasteiger partial charge in [-0.05, 0) is 54.5 Å². The highest BCUT2D eigenvalue weighted by Gasteiger charge is 2.37. The van der Waals surface area contributed by atoms with Gasteiger partial charge in [0.15, 0.2) is 0 Å². The Bertz CT molecular complexity index is 1060. The Kier molecular flexibility index (Phi) is 7.15. The van der Waals surface area contributed by atoms with E-state index in [0.717, 1.165) is 22.4 Å². The van der Waals surface area contributed by atoms with Gasteiger partial charge in [0.25, 0.3) is 0 Å². The van der Waals surface area contributed by atoms with Crippen molar-refractivity contribution >= 4 is 12.0 Å². The lowest BCUT2D eigenvalue weighted by molar-refractivity contribution is -0.139. The Morgan fingerprint density at radius 3 is 2.36 bits per heavy atom. The van der Waals surface area contributed by atoms with Crippen LogP contribution in [0.5, 0.6) is 5.75 Å². The van der Waals surface area contributed by atoms with Gasteiger partial charge in [-0.1, -0.05) is 57.2 Å².